The monoisotopic (exact) mass is 277 g/mol. The number of amides is 1. The number of halogens is 2. The molecule has 0 saturated heterocycles. The molecule has 0 saturated carbocycles. The van der Waals surface area contributed by atoms with Crippen LogP contribution in [-0.2, 0) is 0 Å². The molecule has 0 unspecified atom stereocenters. The Labute approximate surface area is 114 Å². The van der Waals surface area contributed by atoms with Crippen LogP contribution < -0.4 is 16.6 Å². The van der Waals surface area contributed by atoms with Crippen LogP contribution in [0.3, 0.4) is 0 Å². The summed E-state index contributed by atoms with van der Waals surface area (Å²) < 4.78 is 27.0. The Morgan fingerprint density at radius 2 is 1.65 bits per heavy atom. The van der Waals surface area contributed by atoms with E-state index in [0.717, 1.165) is 17.7 Å². The van der Waals surface area contributed by atoms with Gasteiger partial charge in [0.05, 0.1) is 0 Å². The van der Waals surface area contributed by atoms with Gasteiger partial charge in [-0.2, -0.15) is 0 Å². The predicted molar refractivity (Wildman–Crippen MR) is 73.3 cm³/mol. The van der Waals surface area contributed by atoms with Crippen LogP contribution >= 0.6 is 0 Å². The summed E-state index contributed by atoms with van der Waals surface area (Å²) in [4.78, 5) is 11.9. The van der Waals surface area contributed by atoms with E-state index in [4.69, 9.17) is 5.84 Å². The van der Waals surface area contributed by atoms with Gasteiger partial charge in [-0.25, -0.2) is 8.78 Å². The van der Waals surface area contributed by atoms with Gasteiger partial charge in [0.25, 0.3) is 5.91 Å². The number of nitrogens with two attached hydrogens (primary N) is 1. The Balaban J connectivity index is 2.23. The fraction of sp³-hybridized carbons (Fsp3) is 0.0714. The maximum absolute atomic E-state index is 13.5. The summed E-state index contributed by atoms with van der Waals surface area (Å²) in [6, 6.07) is 8.88. The minimum absolute atomic E-state index is 0.125. The van der Waals surface area contributed by atoms with Crippen molar-refractivity contribution in [3.05, 3.63) is 59.2 Å². The van der Waals surface area contributed by atoms with Crippen LogP contribution in [0.15, 0.2) is 36.4 Å². The van der Waals surface area contributed by atoms with E-state index < -0.39 is 23.2 Å². The molecule has 0 aliphatic rings. The van der Waals surface area contributed by atoms with Crippen molar-refractivity contribution in [1.29, 1.82) is 0 Å². The third-order valence-electron chi connectivity index (χ3n) is 2.76. The SMILES string of the molecule is Cc1ccc(NC(=O)c2cc(F)c(NN)c(F)c2)cc1. The molecule has 2 aromatic rings. The number of hydrazine groups is 1. The van der Waals surface area contributed by atoms with Gasteiger partial charge in [0.15, 0.2) is 11.6 Å². The first-order valence-corrected chi connectivity index (χ1v) is 5.85. The number of carbonyl (C=O) groups excluding carboxylic acids is 1. The van der Waals surface area contributed by atoms with Gasteiger partial charge in [0, 0.05) is 11.3 Å². The standard InChI is InChI=1S/C14H13F2N3O/c1-8-2-4-10(5-3-8)18-14(20)9-6-11(15)13(19-17)12(16)7-9/h2-7,19H,17H2,1H3,(H,18,20). The van der Waals surface area contributed by atoms with Crippen LogP contribution in [0.5, 0.6) is 0 Å². The minimum Gasteiger partial charge on any atom is -0.322 e. The van der Waals surface area contributed by atoms with E-state index in [0.29, 0.717) is 5.69 Å². The molecule has 0 aliphatic carbocycles. The van der Waals surface area contributed by atoms with Gasteiger partial charge < -0.3 is 10.7 Å². The highest BCUT2D eigenvalue weighted by atomic mass is 19.1. The molecule has 1 amide bonds. The molecule has 0 atom stereocenters. The molecule has 6 heteroatoms. The van der Waals surface area contributed by atoms with E-state index in [2.05, 4.69) is 5.32 Å². The quantitative estimate of drug-likeness (QED) is 0.597. The number of carbonyl (C=O) groups is 1. The van der Waals surface area contributed by atoms with Crippen molar-refractivity contribution in [1.82, 2.24) is 0 Å². The molecule has 2 rings (SSSR count). The summed E-state index contributed by atoms with van der Waals surface area (Å²) in [5.74, 6) is 2.52. The van der Waals surface area contributed by atoms with E-state index in [-0.39, 0.29) is 5.56 Å². The molecule has 104 valence electrons. The Morgan fingerprint density at radius 1 is 1.10 bits per heavy atom. The highest BCUT2D eigenvalue weighted by Crippen LogP contribution is 2.20. The van der Waals surface area contributed by atoms with Crippen molar-refractivity contribution in [2.24, 2.45) is 5.84 Å². The molecule has 4 nitrogen and oxygen atoms in total. The van der Waals surface area contributed by atoms with Gasteiger partial charge in [-0.15, -0.1) is 0 Å². The summed E-state index contributed by atoms with van der Waals surface area (Å²) in [5.41, 5.74) is 2.89. The number of hydrogen-bond donors (Lipinski definition) is 3. The second kappa shape index (κ2) is 5.66. The zero-order chi connectivity index (χ0) is 14.7. The van der Waals surface area contributed by atoms with Gasteiger partial charge in [-0.05, 0) is 31.2 Å². The largest absolute Gasteiger partial charge is 0.322 e. The van der Waals surface area contributed by atoms with Gasteiger partial charge in [0.1, 0.15) is 5.69 Å². The molecule has 0 radical (unpaired) electrons. The molecular formula is C14H13F2N3O. The number of rotatable bonds is 3. The Morgan fingerprint density at radius 3 is 2.15 bits per heavy atom. The van der Waals surface area contributed by atoms with Crippen molar-refractivity contribution >= 4 is 17.3 Å². The van der Waals surface area contributed by atoms with Gasteiger partial charge in [0.2, 0.25) is 0 Å². The first kappa shape index (κ1) is 14.0. The summed E-state index contributed by atoms with van der Waals surface area (Å²) in [6.45, 7) is 1.91. The highest BCUT2D eigenvalue weighted by molar-refractivity contribution is 6.04. The summed E-state index contributed by atoms with van der Waals surface area (Å²) in [6.07, 6.45) is 0. The van der Waals surface area contributed by atoms with Crippen LogP contribution in [-0.4, -0.2) is 5.91 Å². The summed E-state index contributed by atoms with van der Waals surface area (Å²) in [5, 5.41) is 2.55. The van der Waals surface area contributed by atoms with Crippen LogP contribution in [0.25, 0.3) is 0 Å². The average molecular weight is 277 g/mol. The van der Waals surface area contributed by atoms with E-state index in [1.54, 1.807) is 12.1 Å². The third-order valence-corrected chi connectivity index (χ3v) is 2.76. The van der Waals surface area contributed by atoms with E-state index in [1.165, 1.54) is 0 Å². The molecular weight excluding hydrogens is 264 g/mol. The van der Waals surface area contributed by atoms with E-state index in [9.17, 15) is 13.6 Å². The summed E-state index contributed by atoms with van der Waals surface area (Å²) in [7, 11) is 0. The van der Waals surface area contributed by atoms with Gasteiger partial charge in [-0.3, -0.25) is 10.6 Å². The predicted octanol–water partition coefficient (Wildman–Crippen LogP) is 2.81. The molecule has 0 heterocycles. The van der Waals surface area contributed by atoms with Crippen LogP contribution in [0.1, 0.15) is 15.9 Å². The normalized spacial score (nSPS) is 10.2. The lowest BCUT2D eigenvalue weighted by Gasteiger charge is -2.08. The third kappa shape index (κ3) is 2.92. The van der Waals surface area contributed by atoms with Crippen molar-refractivity contribution in [2.45, 2.75) is 6.92 Å². The minimum atomic E-state index is -0.929. The Kier molecular flexibility index (Phi) is 3.95. The van der Waals surface area contributed by atoms with E-state index in [1.807, 2.05) is 24.5 Å². The van der Waals surface area contributed by atoms with Gasteiger partial charge >= 0.3 is 0 Å². The smallest absolute Gasteiger partial charge is 0.255 e. The molecule has 4 N–H and O–H groups in total. The van der Waals surface area contributed by atoms with Crippen LogP contribution in [0.4, 0.5) is 20.2 Å². The fourth-order valence-electron chi connectivity index (χ4n) is 1.68. The second-order valence-corrected chi connectivity index (χ2v) is 4.28. The van der Waals surface area contributed by atoms with Crippen molar-refractivity contribution < 1.29 is 13.6 Å². The number of nitrogens with one attached hydrogen (secondary N) is 2. The molecule has 0 aliphatic heterocycles. The number of aryl methyl sites for hydroxylation is 1. The van der Waals surface area contributed by atoms with E-state index >= 15 is 0 Å². The Bertz CT molecular complexity index is 618. The van der Waals surface area contributed by atoms with Crippen LogP contribution in [0, 0.1) is 18.6 Å². The van der Waals surface area contributed by atoms with Crippen molar-refractivity contribution in [2.75, 3.05) is 10.7 Å². The van der Waals surface area contributed by atoms with Crippen molar-refractivity contribution in [3.8, 4) is 0 Å². The fourth-order valence-corrected chi connectivity index (χ4v) is 1.68. The lowest BCUT2D eigenvalue weighted by Crippen LogP contribution is -2.15. The summed E-state index contributed by atoms with van der Waals surface area (Å²) >= 11 is 0. The first-order chi connectivity index (χ1) is 9.51. The second-order valence-electron chi connectivity index (χ2n) is 4.28. The number of benzene rings is 2. The lowest BCUT2D eigenvalue weighted by atomic mass is 10.1. The maximum Gasteiger partial charge on any atom is 0.255 e. The molecule has 2 aromatic carbocycles. The topological polar surface area (TPSA) is 67.2 Å². The molecule has 0 bridgehead atoms. The average Bonchev–Trinajstić information content (AvgIpc) is 2.41. The molecule has 20 heavy (non-hydrogen) atoms. The molecule has 0 aromatic heterocycles. The number of anilines is 2. The number of hydrogen-bond acceptors (Lipinski definition) is 3. The van der Waals surface area contributed by atoms with Crippen molar-refractivity contribution in [3.63, 3.8) is 0 Å². The lowest BCUT2D eigenvalue weighted by molar-refractivity contribution is 0.102. The number of nitrogen functional groups attached to an aromatic ring is 1. The van der Waals surface area contributed by atoms with Gasteiger partial charge in [-0.1, -0.05) is 17.7 Å². The maximum atomic E-state index is 13.5. The molecule has 0 spiro atoms. The zero-order valence-electron chi connectivity index (χ0n) is 10.7. The Hall–Kier alpha value is -2.47. The highest BCUT2D eigenvalue weighted by Gasteiger charge is 2.14. The zero-order valence-corrected chi connectivity index (χ0v) is 10.7. The van der Waals surface area contributed by atoms with Crippen LogP contribution in [0.2, 0.25) is 0 Å². The first-order valence-electron chi connectivity index (χ1n) is 5.85. The molecule has 0 fully saturated rings.